The Morgan fingerprint density at radius 3 is 2.77 bits per heavy atom. The number of halogens is 1. The molecular formula is C17H13BrN2OS. The normalized spacial score (nSPS) is 11.2. The minimum Gasteiger partial charge on any atom is -0.298 e. The predicted octanol–water partition coefficient (Wildman–Crippen LogP) is 5.02. The Hall–Kier alpha value is -1.98. The van der Waals surface area contributed by atoms with Crippen LogP contribution in [0, 0.1) is 6.92 Å². The molecule has 1 amide bonds. The number of nitrogens with zero attached hydrogens (tertiary/aromatic N) is 1. The zero-order valence-corrected chi connectivity index (χ0v) is 14.2. The highest BCUT2D eigenvalue weighted by molar-refractivity contribution is 9.10. The number of aromatic nitrogens is 1. The fraction of sp³-hybridized carbons (Fsp3) is 0.0588. The Labute approximate surface area is 140 Å². The molecule has 0 aliphatic carbocycles. The fourth-order valence-corrected chi connectivity index (χ4v) is 3.37. The summed E-state index contributed by atoms with van der Waals surface area (Å²) < 4.78 is 2.04. The summed E-state index contributed by atoms with van der Waals surface area (Å²) in [6.07, 6.45) is 3.31. The molecule has 1 N–H and O–H groups in total. The molecule has 0 radical (unpaired) electrons. The summed E-state index contributed by atoms with van der Waals surface area (Å²) >= 11 is 4.89. The lowest BCUT2D eigenvalue weighted by molar-refractivity contribution is -0.111. The van der Waals surface area contributed by atoms with Gasteiger partial charge in [-0.3, -0.25) is 10.1 Å². The van der Waals surface area contributed by atoms with Crippen LogP contribution in [0.4, 0.5) is 5.13 Å². The lowest BCUT2D eigenvalue weighted by Gasteiger charge is -1.96. The summed E-state index contributed by atoms with van der Waals surface area (Å²) in [5, 5.41) is 3.40. The molecule has 0 unspecified atom stereocenters. The first-order valence-electron chi connectivity index (χ1n) is 6.72. The largest absolute Gasteiger partial charge is 0.298 e. The van der Waals surface area contributed by atoms with Gasteiger partial charge in [-0.25, -0.2) is 4.98 Å². The van der Waals surface area contributed by atoms with E-state index >= 15 is 0 Å². The molecule has 0 aliphatic heterocycles. The summed E-state index contributed by atoms with van der Waals surface area (Å²) in [4.78, 5) is 16.3. The molecule has 0 saturated carbocycles. The van der Waals surface area contributed by atoms with Gasteiger partial charge in [-0.15, -0.1) is 0 Å². The monoisotopic (exact) mass is 372 g/mol. The number of carbonyl (C=O) groups is 1. The van der Waals surface area contributed by atoms with E-state index < -0.39 is 0 Å². The summed E-state index contributed by atoms with van der Waals surface area (Å²) in [7, 11) is 0. The maximum atomic E-state index is 12.0. The number of hydrogen-bond acceptors (Lipinski definition) is 3. The van der Waals surface area contributed by atoms with Gasteiger partial charge in [-0.05, 0) is 36.8 Å². The molecule has 0 saturated heterocycles. The molecule has 0 atom stereocenters. The highest BCUT2D eigenvalue weighted by atomic mass is 79.9. The quantitative estimate of drug-likeness (QED) is 0.655. The Kier molecular flexibility index (Phi) is 4.36. The van der Waals surface area contributed by atoms with Crippen LogP contribution in [-0.4, -0.2) is 10.9 Å². The number of nitrogens with one attached hydrogen (secondary N) is 1. The van der Waals surface area contributed by atoms with Gasteiger partial charge in [0.25, 0.3) is 0 Å². The minimum absolute atomic E-state index is 0.182. The second kappa shape index (κ2) is 6.42. The van der Waals surface area contributed by atoms with Crippen LogP contribution in [0.1, 0.15) is 11.1 Å². The molecule has 0 spiro atoms. The van der Waals surface area contributed by atoms with Crippen LogP contribution < -0.4 is 5.32 Å². The zero-order valence-electron chi connectivity index (χ0n) is 11.8. The smallest absolute Gasteiger partial charge is 0.250 e. The van der Waals surface area contributed by atoms with Crippen LogP contribution in [-0.2, 0) is 4.79 Å². The molecular weight excluding hydrogens is 360 g/mol. The minimum atomic E-state index is -0.182. The van der Waals surface area contributed by atoms with Gasteiger partial charge in [-0.2, -0.15) is 0 Å². The third kappa shape index (κ3) is 3.61. The number of benzene rings is 2. The molecule has 0 fully saturated rings. The number of anilines is 1. The highest BCUT2D eigenvalue weighted by Crippen LogP contribution is 2.28. The second-order valence-electron chi connectivity index (χ2n) is 4.86. The fourth-order valence-electron chi connectivity index (χ4n) is 1.95. The van der Waals surface area contributed by atoms with E-state index in [1.807, 2.05) is 49.4 Å². The van der Waals surface area contributed by atoms with E-state index in [-0.39, 0.29) is 5.91 Å². The average Bonchev–Trinajstić information content (AvgIpc) is 2.88. The van der Waals surface area contributed by atoms with E-state index in [0.717, 1.165) is 20.3 Å². The molecule has 5 heteroatoms. The van der Waals surface area contributed by atoms with Gasteiger partial charge in [0, 0.05) is 10.5 Å². The molecule has 2 aromatic carbocycles. The van der Waals surface area contributed by atoms with Gasteiger partial charge < -0.3 is 0 Å². The van der Waals surface area contributed by atoms with Crippen LogP contribution in [0.25, 0.3) is 16.3 Å². The maximum Gasteiger partial charge on any atom is 0.250 e. The summed E-state index contributed by atoms with van der Waals surface area (Å²) in [5.41, 5.74) is 3.07. The van der Waals surface area contributed by atoms with Crippen LogP contribution >= 0.6 is 27.3 Å². The third-order valence-corrected chi connectivity index (χ3v) is 4.51. The predicted molar refractivity (Wildman–Crippen MR) is 96.2 cm³/mol. The van der Waals surface area contributed by atoms with Crippen molar-refractivity contribution in [2.75, 3.05) is 5.32 Å². The number of aryl methyl sites for hydroxylation is 1. The van der Waals surface area contributed by atoms with Crippen molar-refractivity contribution in [1.29, 1.82) is 0 Å². The van der Waals surface area contributed by atoms with E-state index in [0.29, 0.717) is 5.13 Å². The van der Waals surface area contributed by atoms with Crippen molar-refractivity contribution in [2.45, 2.75) is 6.92 Å². The van der Waals surface area contributed by atoms with E-state index in [9.17, 15) is 4.79 Å². The average molecular weight is 373 g/mol. The van der Waals surface area contributed by atoms with Crippen LogP contribution in [0.2, 0.25) is 0 Å². The summed E-state index contributed by atoms with van der Waals surface area (Å²) in [6.45, 7) is 2.03. The lowest BCUT2D eigenvalue weighted by Crippen LogP contribution is -2.07. The van der Waals surface area contributed by atoms with Crippen LogP contribution in [0.5, 0.6) is 0 Å². The molecule has 0 aliphatic rings. The molecule has 22 heavy (non-hydrogen) atoms. The first-order chi connectivity index (χ1) is 10.6. The third-order valence-electron chi connectivity index (χ3n) is 3.09. The van der Waals surface area contributed by atoms with E-state index in [2.05, 4.69) is 26.2 Å². The Balaban J connectivity index is 1.71. The molecule has 1 heterocycles. The van der Waals surface area contributed by atoms with Gasteiger partial charge in [0.05, 0.1) is 10.2 Å². The van der Waals surface area contributed by atoms with Gasteiger partial charge in [0.15, 0.2) is 5.13 Å². The number of amides is 1. The Morgan fingerprint density at radius 1 is 1.23 bits per heavy atom. The Morgan fingerprint density at radius 2 is 2.00 bits per heavy atom. The SMILES string of the molecule is Cc1ccc(C=CC(=O)Nc2nc3ccc(Br)cc3s2)cc1. The number of rotatable bonds is 3. The molecule has 0 bridgehead atoms. The van der Waals surface area contributed by atoms with Crippen molar-refractivity contribution in [3.8, 4) is 0 Å². The molecule has 3 nitrogen and oxygen atoms in total. The number of thiazole rings is 1. The van der Waals surface area contributed by atoms with E-state index in [4.69, 9.17) is 0 Å². The Bertz CT molecular complexity index is 853. The standard InChI is InChI=1S/C17H13BrN2OS/c1-11-2-4-12(5-3-11)6-9-16(21)20-17-19-14-8-7-13(18)10-15(14)22-17/h2-10H,1H3,(H,19,20,21). The lowest BCUT2D eigenvalue weighted by atomic mass is 10.1. The maximum absolute atomic E-state index is 12.0. The molecule has 110 valence electrons. The van der Waals surface area contributed by atoms with Crippen LogP contribution in [0.15, 0.2) is 53.0 Å². The van der Waals surface area contributed by atoms with Crippen molar-refractivity contribution in [2.24, 2.45) is 0 Å². The van der Waals surface area contributed by atoms with Gasteiger partial charge in [-0.1, -0.05) is 57.1 Å². The molecule has 3 rings (SSSR count). The van der Waals surface area contributed by atoms with Crippen LogP contribution in [0.3, 0.4) is 0 Å². The van der Waals surface area contributed by atoms with Gasteiger partial charge in [0.1, 0.15) is 0 Å². The second-order valence-corrected chi connectivity index (χ2v) is 6.81. The van der Waals surface area contributed by atoms with Crippen molar-refractivity contribution in [3.63, 3.8) is 0 Å². The number of fused-ring (bicyclic) bond motifs is 1. The first-order valence-corrected chi connectivity index (χ1v) is 8.33. The van der Waals surface area contributed by atoms with Crippen molar-refractivity contribution in [3.05, 3.63) is 64.1 Å². The van der Waals surface area contributed by atoms with Gasteiger partial charge >= 0.3 is 0 Å². The first kappa shape index (κ1) is 14.9. The van der Waals surface area contributed by atoms with E-state index in [1.54, 1.807) is 6.08 Å². The van der Waals surface area contributed by atoms with Gasteiger partial charge in [0.2, 0.25) is 5.91 Å². The molecule has 3 aromatic rings. The van der Waals surface area contributed by atoms with Crippen molar-refractivity contribution < 1.29 is 4.79 Å². The van der Waals surface area contributed by atoms with E-state index in [1.165, 1.54) is 23.0 Å². The molecule has 1 aromatic heterocycles. The number of hydrogen-bond donors (Lipinski definition) is 1. The highest BCUT2D eigenvalue weighted by Gasteiger charge is 2.06. The van der Waals surface area contributed by atoms with Crippen molar-refractivity contribution >= 4 is 54.6 Å². The summed E-state index contributed by atoms with van der Waals surface area (Å²) in [5.74, 6) is -0.182. The summed E-state index contributed by atoms with van der Waals surface area (Å²) in [6, 6.07) is 13.8. The zero-order chi connectivity index (χ0) is 15.5. The topological polar surface area (TPSA) is 42.0 Å². The van der Waals surface area contributed by atoms with Crippen molar-refractivity contribution in [1.82, 2.24) is 4.98 Å². The number of carbonyl (C=O) groups excluding carboxylic acids is 1.